The summed E-state index contributed by atoms with van der Waals surface area (Å²) in [5.41, 5.74) is 11.2. The maximum atomic E-state index is 5.98. The number of halogens is 1. The Bertz CT molecular complexity index is 608. The van der Waals surface area contributed by atoms with Crippen molar-refractivity contribution in [1.82, 2.24) is 0 Å². The largest absolute Gasteiger partial charge is 0.488 e. The first-order valence-corrected chi connectivity index (χ1v) is 7.02. The quantitative estimate of drug-likeness (QED) is 0.843. The molecule has 0 atom stereocenters. The average molecular weight is 320 g/mol. The molecule has 0 radical (unpaired) electrons. The molecule has 100 valence electrons. The van der Waals surface area contributed by atoms with E-state index >= 15 is 0 Å². The standard InChI is InChI=1S/C16H18BrNO/c1-10-4-5-11(2)16(12(10)3)19-9-13-6-7-14(18)8-15(13)17/h4-8H,9,18H2,1-3H3. The molecule has 0 heterocycles. The van der Waals surface area contributed by atoms with Crippen LogP contribution in [0.3, 0.4) is 0 Å². The van der Waals surface area contributed by atoms with Crippen LogP contribution in [0.5, 0.6) is 5.75 Å². The monoisotopic (exact) mass is 319 g/mol. The number of hydrogen-bond acceptors (Lipinski definition) is 2. The van der Waals surface area contributed by atoms with E-state index in [9.17, 15) is 0 Å². The zero-order valence-electron chi connectivity index (χ0n) is 11.5. The maximum Gasteiger partial charge on any atom is 0.125 e. The van der Waals surface area contributed by atoms with Crippen LogP contribution in [0.15, 0.2) is 34.8 Å². The molecule has 0 fully saturated rings. The maximum absolute atomic E-state index is 5.98. The molecule has 0 aliphatic carbocycles. The number of benzene rings is 2. The van der Waals surface area contributed by atoms with Crippen molar-refractivity contribution in [2.75, 3.05) is 5.73 Å². The van der Waals surface area contributed by atoms with Gasteiger partial charge in [0.05, 0.1) is 0 Å². The molecule has 19 heavy (non-hydrogen) atoms. The highest BCUT2D eigenvalue weighted by atomic mass is 79.9. The minimum absolute atomic E-state index is 0.534. The van der Waals surface area contributed by atoms with Crippen molar-refractivity contribution in [3.63, 3.8) is 0 Å². The number of anilines is 1. The summed E-state index contributed by atoms with van der Waals surface area (Å²) in [4.78, 5) is 0. The van der Waals surface area contributed by atoms with Crippen molar-refractivity contribution in [3.8, 4) is 5.75 Å². The molecule has 0 amide bonds. The molecule has 0 aliphatic heterocycles. The fraction of sp³-hybridized carbons (Fsp3) is 0.250. The molecule has 2 aromatic carbocycles. The lowest BCUT2D eigenvalue weighted by atomic mass is 10.1. The van der Waals surface area contributed by atoms with Gasteiger partial charge in [0.15, 0.2) is 0 Å². The molecule has 0 bridgehead atoms. The molecule has 2 rings (SSSR count). The summed E-state index contributed by atoms with van der Waals surface area (Å²) < 4.78 is 6.97. The van der Waals surface area contributed by atoms with E-state index in [0.717, 1.165) is 27.0 Å². The van der Waals surface area contributed by atoms with Crippen molar-refractivity contribution in [2.24, 2.45) is 0 Å². The second-order valence-electron chi connectivity index (χ2n) is 4.79. The number of nitrogens with two attached hydrogens (primary N) is 1. The van der Waals surface area contributed by atoms with Crippen LogP contribution in [0, 0.1) is 20.8 Å². The fourth-order valence-electron chi connectivity index (χ4n) is 1.98. The molecule has 0 saturated heterocycles. The molecular weight excluding hydrogens is 302 g/mol. The molecule has 3 heteroatoms. The lowest BCUT2D eigenvalue weighted by Gasteiger charge is -2.14. The van der Waals surface area contributed by atoms with Crippen LogP contribution in [0.4, 0.5) is 5.69 Å². The van der Waals surface area contributed by atoms with Crippen molar-refractivity contribution in [1.29, 1.82) is 0 Å². The third-order valence-corrected chi connectivity index (χ3v) is 4.06. The molecule has 2 aromatic rings. The van der Waals surface area contributed by atoms with Crippen LogP contribution < -0.4 is 10.5 Å². The fourth-order valence-corrected chi connectivity index (χ4v) is 2.49. The van der Waals surface area contributed by atoms with Crippen LogP contribution in [0.25, 0.3) is 0 Å². The van der Waals surface area contributed by atoms with Gasteiger partial charge in [0.25, 0.3) is 0 Å². The minimum Gasteiger partial charge on any atom is -0.488 e. The predicted molar refractivity (Wildman–Crippen MR) is 83.5 cm³/mol. The van der Waals surface area contributed by atoms with E-state index in [2.05, 4.69) is 48.8 Å². The van der Waals surface area contributed by atoms with Gasteiger partial charge in [0, 0.05) is 15.7 Å². The Morgan fingerprint density at radius 3 is 2.42 bits per heavy atom. The van der Waals surface area contributed by atoms with E-state index < -0.39 is 0 Å². The molecule has 0 aromatic heterocycles. The third-order valence-electron chi connectivity index (χ3n) is 3.32. The van der Waals surface area contributed by atoms with Crippen LogP contribution in [0.1, 0.15) is 22.3 Å². The first kappa shape index (κ1) is 13.9. The molecule has 0 unspecified atom stereocenters. The summed E-state index contributed by atoms with van der Waals surface area (Å²) >= 11 is 3.51. The highest BCUT2D eigenvalue weighted by molar-refractivity contribution is 9.10. The van der Waals surface area contributed by atoms with E-state index in [1.54, 1.807) is 0 Å². The zero-order valence-corrected chi connectivity index (χ0v) is 13.0. The van der Waals surface area contributed by atoms with Crippen molar-refractivity contribution in [2.45, 2.75) is 27.4 Å². The second-order valence-corrected chi connectivity index (χ2v) is 5.65. The van der Waals surface area contributed by atoms with E-state index in [4.69, 9.17) is 10.5 Å². The predicted octanol–water partition coefficient (Wildman–Crippen LogP) is 4.54. The lowest BCUT2D eigenvalue weighted by Crippen LogP contribution is -2.01. The number of aryl methyl sites for hydroxylation is 2. The van der Waals surface area contributed by atoms with Crippen LogP contribution >= 0.6 is 15.9 Å². The van der Waals surface area contributed by atoms with E-state index in [0.29, 0.717) is 6.61 Å². The van der Waals surface area contributed by atoms with E-state index in [-0.39, 0.29) is 0 Å². The molecule has 0 aliphatic rings. The third kappa shape index (κ3) is 3.10. The molecule has 0 saturated carbocycles. The van der Waals surface area contributed by atoms with Gasteiger partial charge in [0.1, 0.15) is 12.4 Å². The number of nitrogen functional groups attached to an aromatic ring is 1. The average Bonchev–Trinajstić information content (AvgIpc) is 2.36. The number of ether oxygens (including phenoxy) is 1. The van der Waals surface area contributed by atoms with Gasteiger partial charge in [-0.3, -0.25) is 0 Å². The van der Waals surface area contributed by atoms with Crippen molar-refractivity contribution < 1.29 is 4.74 Å². The zero-order chi connectivity index (χ0) is 14.0. The van der Waals surface area contributed by atoms with E-state index in [1.807, 2.05) is 18.2 Å². The van der Waals surface area contributed by atoms with Crippen LogP contribution in [0.2, 0.25) is 0 Å². The van der Waals surface area contributed by atoms with Gasteiger partial charge in [-0.25, -0.2) is 0 Å². The van der Waals surface area contributed by atoms with E-state index in [1.165, 1.54) is 11.1 Å². The normalized spacial score (nSPS) is 10.5. The summed E-state index contributed by atoms with van der Waals surface area (Å²) in [6, 6.07) is 9.99. The summed E-state index contributed by atoms with van der Waals surface area (Å²) in [6.45, 7) is 6.79. The van der Waals surface area contributed by atoms with Gasteiger partial charge in [-0.2, -0.15) is 0 Å². The lowest BCUT2D eigenvalue weighted by molar-refractivity contribution is 0.301. The first-order chi connectivity index (χ1) is 8.99. The second kappa shape index (κ2) is 5.66. The van der Waals surface area contributed by atoms with Gasteiger partial charge in [-0.1, -0.05) is 34.1 Å². The van der Waals surface area contributed by atoms with Gasteiger partial charge in [0.2, 0.25) is 0 Å². The number of hydrogen-bond donors (Lipinski definition) is 1. The Kier molecular flexibility index (Phi) is 4.15. The van der Waals surface area contributed by atoms with Gasteiger partial charge in [-0.05, 0) is 49.6 Å². The van der Waals surface area contributed by atoms with Gasteiger partial charge < -0.3 is 10.5 Å². The van der Waals surface area contributed by atoms with Crippen molar-refractivity contribution in [3.05, 3.63) is 57.1 Å². The highest BCUT2D eigenvalue weighted by Crippen LogP contribution is 2.28. The van der Waals surface area contributed by atoms with Gasteiger partial charge in [-0.15, -0.1) is 0 Å². The Hall–Kier alpha value is -1.48. The summed E-state index contributed by atoms with van der Waals surface area (Å²) in [6.07, 6.45) is 0. The minimum atomic E-state index is 0.534. The molecule has 2 nitrogen and oxygen atoms in total. The molecule has 0 spiro atoms. The smallest absolute Gasteiger partial charge is 0.125 e. The Morgan fingerprint density at radius 2 is 1.74 bits per heavy atom. The Balaban J connectivity index is 2.21. The first-order valence-electron chi connectivity index (χ1n) is 6.22. The Morgan fingerprint density at radius 1 is 1.05 bits per heavy atom. The molecule has 2 N–H and O–H groups in total. The summed E-state index contributed by atoms with van der Waals surface area (Å²) in [7, 11) is 0. The summed E-state index contributed by atoms with van der Waals surface area (Å²) in [5, 5.41) is 0. The Labute approximate surface area is 122 Å². The number of rotatable bonds is 3. The highest BCUT2D eigenvalue weighted by Gasteiger charge is 2.08. The topological polar surface area (TPSA) is 35.2 Å². The van der Waals surface area contributed by atoms with Crippen molar-refractivity contribution >= 4 is 21.6 Å². The molecular formula is C16H18BrNO. The van der Waals surface area contributed by atoms with Crippen LogP contribution in [-0.4, -0.2) is 0 Å². The summed E-state index contributed by atoms with van der Waals surface area (Å²) in [5.74, 6) is 0.976. The van der Waals surface area contributed by atoms with Crippen LogP contribution in [-0.2, 0) is 6.61 Å². The SMILES string of the molecule is Cc1ccc(C)c(OCc2ccc(N)cc2Br)c1C. The van der Waals surface area contributed by atoms with Gasteiger partial charge >= 0.3 is 0 Å².